The lowest BCUT2D eigenvalue weighted by Gasteiger charge is -2.22. The van der Waals surface area contributed by atoms with Gasteiger partial charge in [0, 0.05) is 5.92 Å². The van der Waals surface area contributed by atoms with Crippen molar-refractivity contribution in [3.8, 4) is 0 Å². The standard InChI is InChI=1S/C9H16N2O2/c1-5-4-6(5)7(12)11-9(2,3)8(10)13/h5-6H,4H2,1-3H3,(H2,10,13)(H,11,12)/t5-,6-/m0/s1. The maximum atomic E-state index is 11.4. The van der Waals surface area contributed by atoms with Gasteiger partial charge in [-0.25, -0.2) is 0 Å². The molecule has 0 spiro atoms. The molecule has 0 aromatic heterocycles. The van der Waals surface area contributed by atoms with E-state index >= 15 is 0 Å². The summed E-state index contributed by atoms with van der Waals surface area (Å²) in [5.74, 6) is -0.0345. The third-order valence-corrected chi connectivity index (χ3v) is 2.50. The first kappa shape index (κ1) is 10.0. The molecule has 0 bridgehead atoms. The zero-order valence-electron chi connectivity index (χ0n) is 8.26. The Morgan fingerprint density at radius 3 is 2.23 bits per heavy atom. The van der Waals surface area contributed by atoms with Crippen LogP contribution in [-0.2, 0) is 9.59 Å². The SMILES string of the molecule is C[C@H]1C[C@@H]1C(=O)NC(C)(C)C(N)=O. The lowest BCUT2D eigenvalue weighted by Crippen LogP contribution is -2.53. The zero-order chi connectivity index (χ0) is 10.2. The summed E-state index contributed by atoms with van der Waals surface area (Å²) in [4.78, 5) is 22.3. The van der Waals surface area contributed by atoms with Crippen molar-refractivity contribution in [2.24, 2.45) is 17.6 Å². The second kappa shape index (κ2) is 3.01. The molecule has 0 radical (unpaired) electrons. The van der Waals surface area contributed by atoms with Crippen molar-refractivity contribution < 1.29 is 9.59 Å². The van der Waals surface area contributed by atoms with Gasteiger partial charge in [-0.2, -0.15) is 0 Å². The van der Waals surface area contributed by atoms with Gasteiger partial charge in [0.1, 0.15) is 5.54 Å². The summed E-state index contributed by atoms with van der Waals surface area (Å²) in [5, 5.41) is 2.63. The number of amides is 2. The Kier molecular flexibility index (Phi) is 2.32. The van der Waals surface area contributed by atoms with E-state index in [1.807, 2.05) is 6.92 Å². The van der Waals surface area contributed by atoms with Crippen LogP contribution in [0.5, 0.6) is 0 Å². The molecule has 1 aliphatic carbocycles. The van der Waals surface area contributed by atoms with E-state index in [1.54, 1.807) is 13.8 Å². The van der Waals surface area contributed by atoms with E-state index in [0.29, 0.717) is 5.92 Å². The Hall–Kier alpha value is -1.06. The predicted octanol–water partition coefficient (Wildman–Crippen LogP) is 0.0225. The molecule has 3 N–H and O–H groups in total. The molecule has 4 nitrogen and oxygen atoms in total. The average molecular weight is 184 g/mol. The smallest absolute Gasteiger partial charge is 0.242 e. The molecule has 0 heterocycles. The number of nitrogens with two attached hydrogens (primary N) is 1. The third-order valence-electron chi connectivity index (χ3n) is 2.50. The quantitative estimate of drug-likeness (QED) is 0.649. The van der Waals surface area contributed by atoms with Gasteiger partial charge in [-0.05, 0) is 26.2 Å². The molecule has 0 unspecified atom stereocenters. The molecule has 0 aliphatic heterocycles. The first-order valence-electron chi connectivity index (χ1n) is 4.46. The van der Waals surface area contributed by atoms with Gasteiger partial charge >= 0.3 is 0 Å². The summed E-state index contributed by atoms with van der Waals surface area (Å²) in [6, 6.07) is 0. The van der Waals surface area contributed by atoms with Gasteiger partial charge in [0.15, 0.2) is 0 Å². The van der Waals surface area contributed by atoms with Crippen molar-refractivity contribution in [2.75, 3.05) is 0 Å². The highest BCUT2D eigenvalue weighted by atomic mass is 16.2. The van der Waals surface area contributed by atoms with Crippen molar-refractivity contribution >= 4 is 11.8 Å². The highest BCUT2D eigenvalue weighted by Crippen LogP contribution is 2.37. The summed E-state index contributed by atoms with van der Waals surface area (Å²) in [5.41, 5.74) is 4.19. The van der Waals surface area contributed by atoms with Gasteiger partial charge < -0.3 is 11.1 Å². The Labute approximate surface area is 77.9 Å². The van der Waals surface area contributed by atoms with E-state index in [9.17, 15) is 9.59 Å². The Morgan fingerprint density at radius 1 is 1.46 bits per heavy atom. The largest absolute Gasteiger partial charge is 0.368 e. The van der Waals surface area contributed by atoms with E-state index in [4.69, 9.17) is 5.73 Å². The van der Waals surface area contributed by atoms with Gasteiger partial charge in [-0.1, -0.05) is 6.92 Å². The van der Waals surface area contributed by atoms with Gasteiger partial charge in [-0.3, -0.25) is 9.59 Å². The van der Waals surface area contributed by atoms with Crippen LogP contribution < -0.4 is 11.1 Å². The highest BCUT2D eigenvalue weighted by molar-refractivity contribution is 5.91. The van der Waals surface area contributed by atoms with Gasteiger partial charge in [0.25, 0.3) is 0 Å². The molecule has 1 aliphatic rings. The minimum Gasteiger partial charge on any atom is -0.368 e. The summed E-state index contributed by atoms with van der Waals surface area (Å²) >= 11 is 0. The average Bonchev–Trinajstić information content (AvgIpc) is 2.65. The van der Waals surface area contributed by atoms with Crippen molar-refractivity contribution in [3.63, 3.8) is 0 Å². The molecule has 0 aromatic carbocycles. The summed E-state index contributed by atoms with van der Waals surface area (Å²) < 4.78 is 0. The number of carbonyl (C=O) groups is 2. The first-order valence-corrected chi connectivity index (χ1v) is 4.46. The molecule has 4 heteroatoms. The number of hydrogen-bond donors (Lipinski definition) is 2. The van der Waals surface area contributed by atoms with Crippen LogP contribution >= 0.6 is 0 Å². The van der Waals surface area contributed by atoms with E-state index in [2.05, 4.69) is 5.32 Å². The van der Waals surface area contributed by atoms with Crippen LogP contribution in [0.2, 0.25) is 0 Å². The van der Waals surface area contributed by atoms with Crippen molar-refractivity contribution in [3.05, 3.63) is 0 Å². The molecule has 1 fully saturated rings. The van der Waals surface area contributed by atoms with Gasteiger partial charge in [0.2, 0.25) is 11.8 Å². The third kappa shape index (κ3) is 2.20. The van der Waals surface area contributed by atoms with Crippen molar-refractivity contribution in [1.29, 1.82) is 0 Å². The monoisotopic (exact) mass is 184 g/mol. The molecular formula is C9H16N2O2. The Balaban J connectivity index is 2.48. The zero-order valence-corrected chi connectivity index (χ0v) is 8.26. The molecule has 1 rings (SSSR count). The molecule has 2 amide bonds. The van der Waals surface area contributed by atoms with Crippen LogP contribution in [0, 0.1) is 11.8 Å². The van der Waals surface area contributed by atoms with E-state index in [-0.39, 0.29) is 11.8 Å². The normalized spacial score (nSPS) is 26.7. The fraction of sp³-hybridized carbons (Fsp3) is 0.778. The van der Waals surface area contributed by atoms with Crippen LogP contribution in [-0.4, -0.2) is 17.4 Å². The van der Waals surface area contributed by atoms with E-state index in [0.717, 1.165) is 6.42 Å². The number of rotatable bonds is 3. The molecule has 74 valence electrons. The summed E-state index contributed by atoms with van der Waals surface area (Å²) in [7, 11) is 0. The molecule has 1 saturated carbocycles. The Morgan fingerprint density at radius 2 is 1.92 bits per heavy atom. The van der Waals surface area contributed by atoms with Crippen LogP contribution in [0.15, 0.2) is 0 Å². The number of primary amides is 1. The second-order valence-corrected chi connectivity index (χ2v) is 4.30. The van der Waals surface area contributed by atoms with E-state index < -0.39 is 11.4 Å². The van der Waals surface area contributed by atoms with Gasteiger partial charge in [0.05, 0.1) is 0 Å². The van der Waals surface area contributed by atoms with Crippen molar-refractivity contribution in [1.82, 2.24) is 5.32 Å². The number of nitrogens with one attached hydrogen (secondary N) is 1. The second-order valence-electron chi connectivity index (χ2n) is 4.30. The Bertz CT molecular complexity index is 248. The first-order chi connectivity index (χ1) is 5.84. The predicted molar refractivity (Wildman–Crippen MR) is 48.7 cm³/mol. The lowest BCUT2D eigenvalue weighted by atomic mass is 10.0. The van der Waals surface area contributed by atoms with E-state index in [1.165, 1.54) is 0 Å². The fourth-order valence-corrected chi connectivity index (χ4v) is 1.15. The molecule has 0 aromatic rings. The van der Waals surface area contributed by atoms with Crippen LogP contribution in [0.3, 0.4) is 0 Å². The minimum absolute atomic E-state index is 0.0590. The maximum Gasteiger partial charge on any atom is 0.242 e. The van der Waals surface area contributed by atoms with Gasteiger partial charge in [-0.15, -0.1) is 0 Å². The van der Waals surface area contributed by atoms with Crippen LogP contribution in [0.1, 0.15) is 27.2 Å². The molecule has 2 atom stereocenters. The summed E-state index contributed by atoms with van der Waals surface area (Å²) in [6.07, 6.45) is 0.917. The number of hydrogen-bond acceptors (Lipinski definition) is 2. The van der Waals surface area contributed by atoms with Crippen LogP contribution in [0.25, 0.3) is 0 Å². The van der Waals surface area contributed by atoms with Crippen molar-refractivity contribution in [2.45, 2.75) is 32.7 Å². The summed E-state index contributed by atoms with van der Waals surface area (Å²) in [6.45, 7) is 5.24. The highest BCUT2D eigenvalue weighted by Gasteiger charge is 2.41. The number of carbonyl (C=O) groups excluding carboxylic acids is 2. The topological polar surface area (TPSA) is 72.2 Å². The minimum atomic E-state index is -0.931. The molecular weight excluding hydrogens is 168 g/mol. The molecule has 0 saturated heterocycles. The lowest BCUT2D eigenvalue weighted by molar-refractivity contribution is -0.131. The van der Waals surface area contributed by atoms with Crippen LogP contribution in [0.4, 0.5) is 0 Å². The fourth-order valence-electron chi connectivity index (χ4n) is 1.15. The maximum absolute atomic E-state index is 11.4. The molecule has 13 heavy (non-hydrogen) atoms.